The average molecular weight is 397 g/mol. The topological polar surface area (TPSA) is 35.5 Å². The lowest BCUT2D eigenvalue weighted by Gasteiger charge is -2.26. The highest BCUT2D eigenvalue weighted by molar-refractivity contribution is 5.75. The lowest BCUT2D eigenvalue weighted by Crippen LogP contribution is -2.25. The van der Waals surface area contributed by atoms with Gasteiger partial charge in [-0.1, -0.05) is 52.4 Å². The molecule has 0 amide bonds. The van der Waals surface area contributed by atoms with Gasteiger partial charge in [-0.2, -0.15) is 8.78 Å². The molecular formula is C23H34F2O3. The molecule has 3 nitrogen and oxygen atoms in total. The van der Waals surface area contributed by atoms with E-state index >= 15 is 0 Å². The van der Waals surface area contributed by atoms with Crippen LogP contribution in [0.3, 0.4) is 0 Å². The van der Waals surface area contributed by atoms with E-state index in [-0.39, 0.29) is 17.4 Å². The van der Waals surface area contributed by atoms with Gasteiger partial charge >= 0.3 is 5.97 Å². The lowest BCUT2D eigenvalue weighted by molar-refractivity contribution is -0.140. The number of unbranched alkanes of at least 4 members (excludes halogenated alkanes) is 5. The maximum absolute atomic E-state index is 14.3. The van der Waals surface area contributed by atoms with Gasteiger partial charge in [-0.05, 0) is 50.2 Å². The second kappa shape index (κ2) is 12.0. The molecule has 1 fully saturated rings. The van der Waals surface area contributed by atoms with E-state index in [2.05, 4.69) is 13.8 Å². The van der Waals surface area contributed by atoms with Crippen molar-refractivity contribution in [1.29, 1.82) is 0 Å². The van der Waals surface area contributed by atoms with E-state index in [4.69, 9.17) is 9.47 Å². The van der Waals surface area contributed by atoms with Crippen LogP contribution < -0.4 is 9.47 Å². The van der Waals surface area contributed by atoms with Crippen molar-refractivity contribution in [3.05, 3.63) is 23.8 Å². The Morgan fingerprint density at radius 2 is 1.54 bits per heavy atom. The molecule has 1 aliphatic carbocycles. The highest BCUT2D eigenvalue weighted by Gasteiger charge is 2.28. The first kappa shape index (κ1) is 22.6. The minimum atomic E-state index is -1.16. The number of benzene rings is 1. The number of hydrogen-bond acceptors (Lipinski definition) is 3. The van der Waals surface area contributed by atoms with E-state index < -0.39 is 17.6 Å². The summed E-state index contributed by atoms with van der Waals surface area (Å²) in [5.74, 6) is -2.77. The number of rotatable bonds is 11. The molecule has 1 aromatic carbocycles. The Hall–Kier alpha value is -1.65. The van der Waals surface area contributed by atoms with Crippen LogP contribution >= 0.6 is 0 Å². The number of carbonyl (C=O) groups is 1. The summed E-state index contributed by atoms with van der Waals surface area (Å²) in [5, 5.41) is 0. The molecule has 0 aromatic heterocycles. The van der Waals surface area contributed by atoms with Gasteiger partial charge in [-0.25, -0.2) is 0 Å². The van der Waals surface area contributed by atoms with Gasteiger partial charge in [0.05, 0.1) is 12.5 Å². The summed E-state index contributed by atoms with van der Waals surface area (Å²) in [5.41, 5.74) is 0. The number of carbonyl (C=O) groups excluding carboxylic acids is 1. The SMILES string of the molecule is CCCCCCCCOc1ccc(OC(=O)C2CCC(CC)CC2)c(F)c1F. The molecule has 0 bridgehead atoms. The van der Waals surface area contributed by atoms with Gasteiger partial charge in [0.2, 0.25) is 11.6 Å². The summed E-state index contributed by atoms with van der Waals surface area (Å²) >= 11 is 0. The predicted molar refractivity (Wildman–Crippen MR) is 107 cm³/mol. The molecule has 0 saturated heterocycles. The molecule has 0 unspecified atom stereocenters. The molecule has 0 radical (unpaired) electrons. The van der Waals surface area contributed by atoms with E-state index in [0.29, 0.717) is 12.5 Å². The molecule has 5 heteroatoms. The second-order valence-corrected chi connectivity index (χ2v) is 7.85. The van der Waals surface area contributed by atoms with Crippen molar-refractivity contribution in [2.24, 2.45) is 11.8 Å². The minimum Gasteiger partial charge on any atom is -0.490 e. The zero-order valence-corrected chi connectivity index (χ0v) is 17.3. The summed E-state index contributed by atoms with van der Waals surface area (Å²) < 4.78 is 39.1. The van der Waals surface area contributed by atoms with Crippen LogP contribution in [0.5, 0.6) is 11.5 Å². The predicted octanol–water partition coefficient (Wildman–Crippen LogP) is 6.83. The van der Waals surface area contributed by atoms with Crippen molar-refractivity contribution in [3.63, 3.8) is 0 Å². The number of halogens is 2. The minimum absolute atomic E-state index is 0.130. The fraction of sp³-hybridized carbons (Fsp3) is 0.696. The van der Waals surface area contributed by atoms with E-state index in [1.807, 2.05) is 0 Å². The van der Waals surface area contributed by atoms with Gasteiger partial charge in [-0.15, -0.1) is 0 Å². The first-order valence-electron chi connectivity index (χ1n) is 10.9. The standard InChI is InChI=1S/C23H34F2O3/c1-3-5-6-7-8-9-16-27-19-14-15-20(22(25)21(19)24)28-23(26)18-12-10-17(4-2)11-13-18/h14-15,17-18H,3-13,16H2,1-2H3. The molecule has 1 saturated carbocycles. The Morgan fingerprint density at radius 3 is 2.21 bits per heavy atom. The molecule has 1 aromatic rings. The zero-order chi connectivity index (χ0) is 20.4. The Balaban J connectivity index is 1.81. The molecule has 0 N–H and O–H groups in total. The highest BCUT2D eigenvalue weighted by atomic mass is 19.2. The Morgan fingerprint density at radius 1 is 0.929 bits per heavy atom. The summed E-state index contributed by atoms with van der Waals surface area (Å²) in [4.78, 5) is 12.3. The van der Waals surface area contributed by atoms with E-state index in [9.17, 15) is 13.6 Å². The second-order valence-electron chi connectivity index (χ2n) is 7.85. The summed E-state index contributed by atoms with van der Waals surface area (Å²) in [6.07, 6.45) is 11.1. The van der Waals surface area contributed by atoms with Gasteiger partial charge in [0.15, 0.2) is 11.5 Å². The van der Waals surface area contributed by atoms with E-state index in [1.54, 1.807) is 0 Å². The zero-order valence-electron chi connectivity index (χ0n) is 17.3. The summed E-state index contributed by atoms with van der Waals surface area (Å²) in [6, 6.07) is 2.62. The molecule has 158 valence electrons. The fourth-order valence-corrected chi connectivity index (χ4v) is 3.77. The number of esters is 1. The molecular weight excluding hydrogens is 362 g/mol. The lowest BCUT2D eigenvalue weighted by atomic mass is 9.81. The number of hydrogen-bond donors (Lipinski definition) is 0. The van der Waals surface area contributed by atoms with Crippen LogP contribution in [-0.2, 0) is 4.79 Å². The third kappa shape index (κ3) is 6.75. The normalized spacial score (nSPS) is 19.4. The van der Waals surface area contributed by atoms with Gasteiger partial charge in [0.25, 0.3) is 0 Å². The first-order chi connectivity index (χ1) is 13.6. The van der Waals surface area contributed by atoms with E-state index in [0.717, 1.165) is 51.4 Å². The average Bonchev–Trinajstić information content (AvgIpc) is 2.72. The van der Waals surface area contributed by atoms with Crippen molar-refractivity contribution in [2.45, 2.75) is 84.5 Å². The summed E-state index contributed by atoms with van der Waals surface area (Å²) in [7, 11) is 0. The molecule has 0 spiro atoms. The van der Waals surface area contributed by atoms with Crippen LogP contribution in [0, 0.1) is 23.5 Å². The maximum atomic E-state index is 14.3. The Labute approximate surface area is 167 Å². The molecule has 28 heavy (non-hydrogen) atoms. The van der Waals surface area contributed by atoms with Crippen LogP contribution in [0.25, 0.3) is 0 Å². The molecule has 2 rings (SSSR count). The van der Waals surface area contributed by atoms with Gasteiger partial charge < -0.3 is 9.47 Å². The van der Waals surface area contributed by atoms with Crippen molar-refractivity contribution in [2.75, 3.05) is 6.61 Å². The third-order valence-electron chi connectivity index (χ3n) is 5.73. The van der Waals surface area contributed by atoms with E-state index in [1.165, 1.54) is 31.4 Å². The van der Waals surface area contributed by atoms with Crippen molar-refractivity contribution in [1.82, 2.24) is 0 Å². The fourth-order valence-electron chi connectivity index (χ4n) is 3.77. The smallest absolute Gasteiger partial charge is 0.314 e. The molecule has 0 atom stereocenters. The van der Waals surface area contributed by atoms with Crippen LogP contribution in [0.4, 0.5) is 8.78 Å². The highest BCUT2D eigenvalue weighted by Crippen LogP contribution is 2.33. The van der Waals surface area contributed by atoms with Gasteiger partial charge in [-0.3, -0.25) is 4.79 Å². The third-order valence-corrected chi connectivity index (χ3v) is 5.73. The van der Waals surface area contributed by atoms with Crippen molar-refractivity contribution in [3.8, 4) is 11.5 Å². The van der Waals surface area contributed by atoms with Gasteiger partial charge in [0, 0.05) is 0 Å². The quantitative estimate of drug-likeness (QED) is 0.234. The monoisotopic (exact) mass is 396 g/mol. The Kier molecular flexibility index (Phi) is 9.72. The molecule has 0 aliphatic heterocycles. The Bertz CT molecular complexity index is 610. The first-order valence-corrected chi connectivity index (χ1v) is 10.9. The van der Waals surface area contributed by atoms with Crippen LogP contribution in [0.1, 0.15) is 84.5 Å². The van der Waals surface area contributed by atoms with Crippen LogP contribution in [0.15, 0.2) is 12.1 Å². The maximum Gasteiger partial charge on any atom is 0.314 e. The number of ether oxygens (including phenoxy) is 2. The van der Waals surface area contributed by atoms with Gasteiger partial charge in [0.1, 0.15) is 0 Å². The van der Waals surface area contributed by atoms with Crippen molar-refractivity contribution < 1.29 is 23.0 Å². The summed E-state index contributed by atoms with van der Waals surface area (Å²) in [6.45, 7) is 4.66. The van der Waals surface area contributed by atoms with Crippen LogP contribution in [-0.4, -0.2) is 12.6 Å². The molecule has 0 heterocycles. The molecule has 1 aliphatic rings. The van der Waals surface area contributed by atoms with Crippen LogP contribution in [0.2, 0.25) is 0 Å². The van der Waals surface area contributed by atoms with Crippen molar-refractivity contribution >= 4 is 5.97 Å². The largest absolute Gasteiger partial charge is 0.490 e.